The summed E-state index contributed by atoms with van der Waals surface area (Å²) in [5.41, 5.74) is 5.84. The van der Waals surface area contributed by atoms with E-state index in [0.29, 0.717) is 5.02 Å². The highest BCUT2D eigenvalue weighted by Crippen LogP contribution is 2.25. The van der Waals surface area contributed by atoms with Crippen molar-refractivity contribution in [2.75, 3.05) is 37.6 Å². The molecule has 0 spiro atoms. The molecule has 0 aliphatic carbocycles. The molecule has 0 unspecified atom stereocenters. The quantitative estimate of drug-likeness (QED) is 0.603. The number of hydrogen-bond acceptors (Lipinski definition) is 4. The standard InChI is InChI=1S/C23H28ClN5/c1-18-8-9-20(16-19(18)2)28-14-12-27(13-15-28)10-5-11-29-17-23(25-26-29)21-6-3-4-7-22(21)24/h3-4,6-9,16-17H,5,10-15H2,1-2H3. The Bertz CT molecular complexity index is 959. The van der Waals surface area contributed by atoms with Crippen molar-refractivity contribution in [3.8, 4) is 11.3 Å². The molecule has 0 saturated carbocycles. The summed E-state index contributed by atoms with van der Waals surface area (Å²) in [6, 6.07) is 14.5. The van der Waals surface area contributed by atoms with Crippen molar-refractivity contribution < 1.29 is 0 Å². The summed E-state index contributed by atoms with van der Waals surface area (Å²) in [5, 5.41) is 9.25. The molecule has 3 aromatic rings. The maximum Gasteiger partial charge on any atom is 0.114 e. The van der Waals surface area contributed by atoms with Crippen molar-refractivity contribution in [3.63, 3.8) is 0 Å². The van der Waals surface area contributed by atoms with Gasteiger partial charge in [0.25, 0.3) is 0 Å². The van der Waals surface area contributed by atoms with Crippen LogP contribution in [-0.2, 0) is 6.54 Å². The zero-order valence-electron chi connectivity index (χ0n) is 17.2. The second kappa shape index (κ2) is 8.97. The van der Waals surface area contributed by atoms with Crippen LogP contribution in [0.25, 0.3) is 11.3 Å². The van der Waals surface area contributed by atoms with Gasteiger partial charge in [0, 0.05) is 50.5 Å². The molecule has 1 aliphatic rings. The number of aromatic nitrogens is 3. The molecule has 152 valence electrons. The van der Waals surface area contributed by atoms with Gasteiger partial charge in [0.15, 0.2) is 0 Å². The van der Waals surface area contributed by atoms with E-state index in [1.165, 1.54) is 16.8 Å². The van der Waals surface area contributed by atoms with Gasteiger partial charge in [-0.3, -0.25) is 9.58 Å². The summed E-state index contributed by atoms with van der Waals surface area (Å²) in [6.45, 7) is 10.7. The minimum absolute atomic E-state index is 0.709. The van der Waals surface area contributed by atoms with Gasteiger partial charge in [0.2, 0.25) is 0 Å². The highest BCUT2D eigenvalue weighted by molar-refractivity contribution is 6.33. The minimum atomic E-state index is 0.709. The van der Waals surface area contributed by atoms with Crippen molar-refractivity contribution in [2.24, 2.45) is 0 Å². The molecule has 0 radical (unpaired) electrons. The summed E-state index contributed by atoms with van der Waals surface area (Å²) in [6.07, 6.45) is 3.05. The maximum atomic E-state index is 6.26. The maximum absolute atomic E-state index is 6.26. The van der Waals surface area contributed by atoms with Gasteiger partial charge in [-0.05, 0) is 49.6 Å². The van der Waals surface area contributed by atoms with Crippen molar-refractivity contribution in [2.45, 2.75) is 26.8 Å². The van der Waals surface area contributed by atoms with Crippen LogP contribution < -0.4 is 4.90 Å². The van der Waals surface area contributed by atoms with E-state index in [4.69, 9.17) is 11.6 Å². The van der Waals surface area contributed by atoms with Crippen molar-refractivity contribution in [1.29, 1.82) is 0 Å². The third kappa shape index (κ3) is 4.80. The lowest BCUT2D eigenvalue weighted by atomic mass is 10.1. The summed E-state index contributed by atoms with van der Waals surface area (Å²) in [4.78, 5) is 5.04. The SMILES string of the molecule is Cc1ccc(N2CCN(CCCn3cc(-c4ccccc4Cl)nn3)CC2)cc1C. The Labute approximate surface area is 177 Å². The number of halogens is 1. The van der Waals surface area contributed by atoms with Crippen LogP contribution in [0.5, 0.6) is 0 Å². The minimum Gasteiger partial charge on any atom is -0.369 e. The van der Waals surface area contributed by atoms with Crippen LogP contribution in [0.4, 0.5) is 5.69 Å². The molecule has 5 nitrogen and oxygen atoms in total. The average Bonchev–Trinajstić information content (AvgIpc) is 3.20. The summed E-state index contributed by atoms with van der Waals surface area (Å²) < 4.78 is 1.92. The van der Waals surface area contributed by atoms with E-state index in [2.05, 4.69) is 52.2 Å². The highest BCUT2D eigenvalue weighted by atomic mass is 35.5. The molecule has 2 heterocycles. The lowest BCUT2D eigenvalue weighted by Gasteiger charge is -2.36. The van der Waals surface area contributed by atoms with Crippen molar-refractivity contribution in [1.82, 2.24) is 19.9 Å². The van der Waals surface area contributed by atoms with Crippen LogP contribution in [0.2, 0.25) is 5.02 Å². The molecular formula is C23H28ClN5. The summed E-state index contributed by atoms with van der Waals surface area (Å²) in [5.74, 6) is 0. The van der Waals surface area contributed by atoms with Gasteiger partial charge in [-0.25, -0.2) is 0 Å². The number of anilines is 1. The fourth-order valence-electron chi connectivity index (χ4n) is 3.81. The van der Waals surface area contributed by atoms with Crippen molar-refractivity contribution in [3.05, 3.63) is 64.8 Å². The van der Waals surface area contributed by atoms with Crippen LogP contribution in [0, 0.1) is 13.8 Å². The van der Waals surface area contributed by atoms with Gasteiger partial charge in [-0.1, -0.05) is 41.1 Å². The highest BCUT2D eigenvalue weighted by Gasteiger charge is 2.17. The third-order valence-corrected chi connectivity index (χ3v) is 6.11. The largest absolute Gasteiger partial charge is 0.369 e. The fraction of sp³-hybridized carbons (Fsp3) is 0.391. The first-order chi connectivity index (χ1) is 14.1. The van der Waals surface area contributed by atoms with Gasteiger partial charge in [0.05, 0.1) is 11.2 Å². The molecule has 29 heavy (non-hydrogen) atoms. The number of benzene rings is 2. The second-order valence-electron chi connectivity index (χ2n) is 7.80. The second-order valence-corrected chi connectivity index (χ2v) is 8.20. The average molecular weight is 410 g/mol. The first-order valence-corrected chi connectivity index (χ1v) is 10.7. The zero-order valence-corrected chi connectivity index (χ0v) is 17.9. The Balaban J connectivity index is 1.24. The summed E-state index contributed by atoms with van der Waals surface area (Å²) in [7, 11) is 0. The number of rotatable bonds is 6. The number of aryl methyl sites for hydroxylation is 3. The zero-order chi connectivity index (χ0) is 20.2. The molecule has 6 heteroatoms. The van der Waals surface area contributed by atoms with Crippen LogP contribution in [0.3, 0.4) is 0 Å². The first kappa shape index (κ1) is 19.9. The van der Waals surface area contributed by atoms with Gasteiger partial charge in [-0.2, -0.15) is 0 Å². The number of nitrogens with zero attached hydrogens (tertiary/aromatic N) is 5. The van der Waals surface area contributed by atoms with Crippen LogP contribution >= 0.6 is 11.6 Å². The Kier molecular flexibility index (Phi) is 6.16. The predicted octanol–water partition coefficient (Wildman–Crippen LogP) is 4.43. The molecule has 0 N–H and O–H groups in total. The molecular weight excluding hydrogens is 382 g/mol. The Morgan fingerprint density at radius 2 is 1.72 bits per heavy atom. The Morgan fingerprint density at radius 1 is 0.931 bits per heavy atom. The van der Waals surface area contributed by atoms with Gasteiger partial charge in [0.1, 0.15) is 5.69 Å². The predicted molar refractivity (Wildman–Crippen MR) is 120 cm³/mol. The van der Waals surface area contributed by atoms with E-state index in [0.717, 1.165) is 56.9 Å². The van der Waals surface area contributed by atoms with Gasteiger partial charge >= 0.3 is 0 Å². The molecule has 0 amide bonds. The Morgan fingerprint density at radius 3 is 2.48 bits per heavy atom. The monoisotopic (exact) mass is 409 g/mol. The molecule has 2 aromatic carbocycles. The molecule has 1 aliphatic heterocycles. The smallest absolute Gasteiger partial charge is 0.114 e. The molecule has 0 atom stereocenters. The molecule has 0 bridgehead atoms. The molecule has 1 saturated heterocycles. The van der Waals surface area contributed by atoms with Crippen LogP contribution in [0.15, 0.2) is 48.7 Å². The topological polar surface area (TPSA) is 37.2 Å². The lowest BCUT2D eigenvalue weighted by Crippen LogP contribution is -2.46. The molecule has 1 fully saturated rings. The van der Waals surface area contributed by atoms with Gasteiger partial charge < -0.3 is 4.90 Å². The third-order valence-electron chi connectivity index (χ3n) is 5.78. The van der Waals surface area contributed by atoms with E-state index in [9.17, 15) is 0 Å². The van der Waals surface area contributed by atoms with E-state index in [1.54, 1.807) is 0 Å². The number of piperazine rings is 1. The van der Waals surface area contributed by atoms with Crippen molar-refractivity contribution >= 4 is 17.3 Å². The molecule has 4 rings (SSSR count). The van der Waals surface area contributed by atoms with E-state index < -0.39 is 0 Å². The number of hydrogen-bond donors (Lipinski definition) is 0. The molecule has 1 aromatic heterocycles. The van der Waals surface area contributed by atoms with Crippen LogP contribution in [-0.4, -0.2) is 52.6 Å². The summed E-state index contributed by atoms with van der Waals surface area (Å²) >= 11 is 6.26. The normalized spacial score (nSPS) is 15.1. The van der Waals surface area contributed by atoms with Crippen LogP contribution in [0.1, 0.15) is 17.5 Å². The Hall–Kier alpha value is -2.37. The lowest BCUT2D eigenvalue weighted by molar-refractivity contribution is 0.249. The first-order valence-electron chi connectivity index (χ1n) is 10.3. The van der Waals surface area contributed by atoms with E-state index >= 15 is 0 Å². The van der Waals surface area contributed by atoms with E-state index in [-0.39, 0.29) is 0 Å². The fourth-order valence-corrected chi connectivity index (χ4v) is 4.04. The van der Waals surface area contributed by atoms with Gasteiger partial charge in [-0.15, -0.1) is 5.10 Å². The van der Waals surface area contributed by atoms with E-state index in [1.807, 2.05) is 35.1 Å².